The average Bonchev–Trinajstić information content (AvgIpc) is 2.36. The van der Waals surface area contributed by atoms with Gasteiger partial charge in [0.05, 0.1) is 0 Å². The lowest BCUT2D eigenvalue weighted by Crippen LogP contribution is -2.49. The summed E-state index contributed by atoms with van der Waals surface area (Å²) in [4.78, 5) is 15.9. The van der Waals surface area contributed by atoms with Crippen molar-refractivity contribution in [3.63, 3.8) is 0 Å². The Kier molecular flexibility index (Phi) is 4.81. The SMILES string of the molecule is CC(C)(C)OC(=O)N1CCN(Cc2cc(O)cc(O)c2)CC1. The molecule has 2 N–H and O–H groups in total. The summed E-state index contributed by atoms with van der Waals surface area (Å²) in [5.41, 5.74) is 0.371. The van der Waals surface area contributed by atoms with Gasteiger partial charge in [-0.2, -0.15) is 0 Å². The van der Waals surface area contributed by atoms with E-state index in [4.69, 9.17) is 4.74 Å². The number of ether oxygens (including phenoxy) is 1. The topological polar surface area (TPSA) is 73.2 Å². The molecule has 1 aromatic rings. The van der Waals surface area contributed by atoms with Crippen LogP contribution in [-0.2, 0) is 11.3 Å². The maximum Gasteiger partial charge on any atom is 0.410 e. The van der Waals surface area contributed by atoms with Crippen LogP contribution in [-0.4, -0.2) is 57.9 Å². The number of amides is 1. The maximum absolute atomic E-state index is 12.0. The summed E-state index contributed by atoms with van der Waals surface area (Å²) in [5, 5.41) is 19.0. The Morgan fingerprint density at radius 1 is 1.09 bits per heavy atom. The first kappa shape index (κ1) is 16.4. The van der Waals surface area contributed by atoms with E-state index in [1.54, 1.807) is 17.0 Å². The molecule has 1 saturated heterocycles. The highest BCUT2D eigenvalue weighted by Crippen LogP contribution is 2.22. The molecule has 0 aromatic heterocycles. The fourth-order valence-electron chi connectivity index (χ4n) is 2.42. The number of carbonyl (C=O) groups is 1. The minimum absolute atomic E-state index is 0.0578. The van der Waals surface area contributed by atoms with E-state index in [0.29, 0.717) is 19.6 Å². The van der Waals surface area contributed by atoms with Crippen LogP contribution >= 0.6 is 0 Å². The van der Waals surface area contributed by atoms with Crippen LogP contribution in [0.15, 0.2) is 18.2 Å². The zero-order valence-corrected chi connectivity index (χ0v) is 13.4. The first-order valence-electron chi connectivity index (χ1n) is 7.45. The Labute approximate surface area is 130 Å². The number of carbonyl (C=O) groups excluding carboxylic acids is 1. The number of hydrogen-bond acceptors (Lipinski definition) is 5. The molecule has 0 atom stereocenters. The Bertz CT molecular complexity index is 511. The fraction of sp³-hybridized carbons (Fsp3) is 0.562. The average molecular weight is 308 g/mol. The summed E-state index contributed by atoms with van der Waals surface area (Å²) in [5.74, 6) is 0.116. The lowest BCUT2D eigenvalue weighted by atomic mass is 10.1. The van der Waals surface area contributed by atoms with Gasteiger partial charge in [-0.1, -0.05) is 0 Å². The molecule has 0 spiro atoms. The Morgan fingerprint density at radius 2 is 1.64 bits per heavy atom. The minimum Gasteiger partial charge on any atom is -0.508 e. The predicted octanol–water partition coefficient (Wildman–Crippen LogP) is 2.15. The second-order valence-corrected chi connectivity index (χ2v) is 6.60. The van der Waals surface area contributed by atoms with Crippen LogP contribution < -0.4 is 0 Å². The molecule has 22 heavy (non-hydrogen) atoms. The van der Waals surface area contributed by atoms with Crippen LogP contribution in [0.5, 0.6) is 11.5 Å². The molecule has 1 aliphatic heterocycles. The molecule has 1 heterocycles. The van der Waals surface area contributed by atoms with Crippen molar-refractivity contribution in [1.82, 2.24) is 9.80 Å². The monoisotopic (exact) mass is 308 g/mol. The van der Waals surface area contributed by atoms with Crippen LogP contribution in [0.4, 0.5) is 4.79 Å². The summed E-state index contributed by atoms with van der Waals surface area (Å²) < 4.78 is 5.36. The first-order valence-corrected chi connectivity index (χ1v) is 7.45. The van der Waals surface area contributed by atoms with Crippen LogP contribution in [0.25, 0.3) is 0 Å². The summed E-state index contributed by atoms with van der Waals surface area (Å²) in [6, 6.07) is 4.59. The number of rotatable bonds is 2. The molecule has 1 fully saturated rings. The van der Waals surface area contributed by atoms with Gasteiger partial charge in [-0.15, -0.1) is 0 Å². The highest BCUT2D eigenvalue weighted by molar-refractivity contribution is 5.68. The van der Waals surface area contributed by atoms with E-state index < -0.39 is 5.60 Å². The second-order valence-electron chi connectivity index (χ2n) is 6.60. The smallest absolute Gasteiger partial charge is 0.410 e. The van der Waals surface area contributed by atoms with Gasteiger partial charge >= 0.3 is 6.09 Å². The fourth-order valence-corrected chi connectivity index (χ4v) is 2.42. The molecular weight excluding hydrogens is 284 g/mol. The molecule has 1 amide bonds. The van der Waals surface area contributed by atoms with Crippen LogP contribution in [0, 0.1) is 0 Å². The van der Waals surface area contributed by atoms with E-state index in [2.05, 4.69) is 4.90 Å². The number of phenolic OH excluding ortho intramolecular Hbond substituents is 2. The van der Waals surface area contributed by atoms with Gasteiger partial charge < -0.3 is 19.8 Å². The van der Waals surface area contributed by atoms with Gasteiger partial charge in [-0.25, -0.2) is 4.79 Å². The van der Waals surface area contributed by atoms with Crippen molar-refractivity contribution in [1.29, 1.82) is 0 Å². The molecule has 6 heteroatoms. The zero-order chi connectivity index (χ0) is 16.3. The zero-order valence-electron chi connectivity index (χ0n) is 13.4. The van der Waals surface area contributed by atoms with E-state index in [9.17, 15) is 15.0 Å². The Balaban J connectivity index is 1.86. The third-order valence-electron chi connectivity index (χ3n) is 3.39. The molecule has 122 valence electrons. The molecule has 6 nitrogen and oxygen atoms in total. The molecule has 0 bridgehead atoms. The van der Waals surface area contributed by atoms with Crippen molar-refractivity contribution in [3.05, 3.63) is 23.8 Å². The first-order chi connectivity index (χ1) is 10.2. The number of hydrogen-bond donors (Lipinski definition) is 2. The molecule has 0 radical (unpaired) electrons. The number of piperazine rings is 1. The maximum atomic E-state index is 12.0. The number of nitrogens with zero attached hydrogens (tertiary/aromatic N) is 2. The second kappa shape index (κ2) is 6.44. The van der Waals surface area contributed by atoms with Crippen LogP contribution in [0.2, 0.25) is 0 Å². The largest absolute Gasteiger partial charge is 0.508 e. The van der Waals surface area contributed by atoms with Gasteiger partial charge in [-0.05, 0) is 38.5 Å². The van der Waals surface area contributed by atoms with Crippen LogP contribution in [0.3, 0.4) is 0 Å². The van der Waals surface area contributed by atoms with Crippen molar-refractivity contribution in [2.75, 3.05) is 26.2 Å². The molecule has 0 saturated carbocycles. The van der Waals surface area contributed by atoms with Gasteiger partial charge in [0.2, 0.25) is 0 Å². The lowest BCUT2D eigenvalue weighted by molar-refractivity contribution is 0.0139. The van der Waals surface area contributed by atoms with Gasteiger partial charge in [0, 0.05) is 38.8 Å². The summed E-state index contributed by atoms with van der Waals surface area (Å²) in [6.07, 6.45) is -0.276. The molecule has 1 aromatic carbocycles. The highest BCUT2D eigenvalue weighted by Gasteiger charge is 2.25. The number of benzene rings is 1. The number of phenols is 2. The number of aromatic hydroxyl groups is 2. The van der Waals surface area contributed by atoms with Crippen molar-refractivity contribution < 1.29 is 19.7 Å². The van der Waals surface area contributed by atoms with Gasteiger partial charge in [0.1, 0.15) is 17.1 Å². The van der Waals surface area contributed by atoms with Crippen molar-refractivity contribution in [2.24, 2.45) is 0 Å². The molecule has 0 unspecified atom stereocenters. The Morgan fingerprint density at radius 3 is 2.14 bits per heavy atom. The standard InChI is InChI=1S/C16H24N2O4/c1-16(2,3)22-15(21)18-6-4-17(5-7-18)11-12-8-13(19)10-14(20)9-12/h8-10,19-20H,4-7,11H2,1-3H3. The van der Waals surface area contributed by atoms with E-state index in [1.165, 1.54) is 6.07 Å². The third-order valence-corrected chi connectivity index (χ3v) is 3.39. The normalized spacial score (nSPS) is 16.6. The molecule has 0 aliphatic carbocycles. The van der Waals surface area contributed by atoms with Gasteiger partial charge in [0.25, 0.3) is 0 Å². The van der Waals surface area contributed by atoms with Crippen molar-refractivity contribution in [3.8, 4) is 11.5 Å². The summed E-state index contributed by atoms with van der Waals surface area (Å²) in [7, 11) is 0. The van der Waals surface area contributed by atoms with Gasteiger partial charge in [0.15, 0.2) is 0 Å². The predicted molar refractivity (Wildman–Crippen MR) is 82.9 cm³/mol. The van der Waals surface area contributed by atoms with Gasteiger partial charge in [-0.3, -0.25) is 4.90 Å². The third kappa shape index (κ3) is 4.80. The van der Waals surface area contributed by atoms with Crippen molar-refractivity contribution >= 4 is 6.09 Å². The van der Waals surface area contributed by atoms with E-state index >= 15 is 0 Å². The summed E-state index contributed by atoms with van der Waals surface area (Å²) in [6.45, 7) is 8.88. The Hall–Kier alpha value is -1.95. The quantitative estimate of drug-likeness (QED) is 0.876. The summed E-state index contributed by atoms with van der Waals surface area (Å²) >= 11 is 0. The minimum atomic E-state index is -0.479. The van der Waals surface area contributed by atoms with E-state index in [1.807, 2.05) is 20.8 Å². The molecule has 1 aliphatic rings. The lowest BCUT2D eigenvalue weighted by Gasteiger charge is -2.35. The van der Waals surface area contributed by atoms with E-state index in [-0.39, 0.29) is 17.6 Å². The molecule has 2 rings (SSSR count). The highest BCUT2D eigenvalue weighted by atomic mass is 16.6. The molecular formula is C16H24N2O4. The van der Waals surface area contributed by atoms with E-state index in [0.717, 1.165) is 18.7 Å². The van der Waals surface area contributed by atoms with Crippen LogP contribution in [0.1, 0.15) is 26.3 Å². The van der Waals surface area contributed by atoms with Crippen molar-refractivity contribution in [2.45, 2.75) is 32.9 Å².